The van der Waals surface area contributed by atoms with Crippen LogP contribution in [0.25, 0.3) is 0 Å². The average Bonchev–Trinajstić information content (AvgIpc) is 3.51. The van der Waals surface area contributed by atoms with Crippen molar-refractivity contribution < 1.29 is 13.9 Å². The number of anilines is 1. The monoisotopic (exact) mass is 442 g/mol. The Morgan fingerprint density at radius 2 is 1.82 bits per heavy atom. The van der Waals surface area contributed by atoms with Crippen LogP contribution in [0.4, 0.5) is 5.69 Å². The summed E-state index contributed by atoms with van der Waals surface area (Å²) in [6.45, 7) is 3.56. The molecule has 2 aromatic carbocycles. The van der Waals surface area contributed by atoms with Crippen LogP contribution in [0.2, 0.25) is 0 Å². The molecule has 0 radical (unpaired) electrons. The fourth-order valence-electron chi connectivity index (χ4n) is 4.68. The summed E-state index contributed by atoms with van der Waals surface area (Å²) in [7, 11) is 0. The largest absolute Gasteiger partial charge is 0.467 e. The van der Waals surface area contributed by atoms with Crippen LogP contribution < -0.4 is 4.90 Å². The number of esters is 1. The molecule has 0 amide bonds. The Hall–Kier alpha value is -3.87. The number of para-hydroxylation sites is 1. The lowest BCUT2D eigenvalue weighted by Gasteiger charge is -2.41. The molecule has 0 saturated heterocycles. The average molecular weight is 443 g/mol. The summed E-state index contributed by atoms with van der Waals surface area (Å²) in [6.07, 6.45) is 2.12. The summed E-state index contributed by atoms with van der Waals surface area (Å²) in [4.78, 5) is 16.0. The van der Waals surface area contributed by atoms with Gasteiger partial charge in [-0.3, -0.25) is 4.79 Å². The number of benzene rings is 2. The van der Waals surface area contributed by atoms with Crippen molar-refractivity contribution in [2.75, 3.05) is 18.1 Å². The Morgan fingerprint density at radius 1 is 1.06 bits per heavy atom. The van der Waals surface area contributed by atoms with Crippen molar-refractivity contribution in [3.63, 3.8) is 0 Å². The van der Waals surface area contributed by atoms with Crippen molar-refractivity contribution >= 4 is 11.7 Å². The Bertz CT molecular complexity index is 1210. The van der Waals surface area contributed by atoms with E-state index in [0.29, 0.717) is 32.7 Å². The highest BCUT2D eigenvalue weighted by Gasteiger charge is 2.51. The van der Waals surface area contributed by atoms with Crippen LogP contribution >= 0.6 is 0 Å². The molecular weight excluding hydrogens is 416 g/mol. The zero-order valence-corrected chi connectivity index (χ0v) is 18.6. The molecule has 2 aromatic heterocycles. The van der Waals surface area contributed by atoms with Crippen LogP contribution in [0.5, 0.6) is 0 Å². The topological polar surface area (TPSA) is 73.4 Å². The predicted molar refractivity (Wildman–Crippen MR) is 124 cm³/mol. The molecule has 0 spiro atoms. The van der Waals surface area contributed by atoms with Gasteiger partial charge >= 0.3 is 5.97 Å². The van der Waals surface area contributed by atoms with Gasteiger partial charge in [0.25, 0.3) is 0 Å². The zero-order chi connectivity index (χ0) is 22.7. The van der Waals surface area contributed by atoms with Gasteiger partial charge in [-0.05, 0) is 43.2 Å². The third-order valence-electron chi connectivity index (χ3n) is 6.08. The van der Waals surface area contributed by atoms with Gasteiger partial charge < -0.3 is 14.1 Å². The van der Waals surface area contributed by atoms with Gasteiger partial charge in [0, 0.05) is 12.2 Å². The molecule has 0 bridgehead atoms. The summed E-state index contributed by atoms with van der Waals surface area (Å²) >= 11 is 0. The Morgan fingerprint density at radius 3 is 2.52 bits per heavy atom. The van der Waals surface area contributed by atoms with E-state index in [1.54, 1.807) is 10.9 Å². The first-order valence-corrected chi connectivity index (χ1v) is 11.2. The first kappa shape index (κ1) is 21.0. The quantitative estimate of drug-likeness (QED) is 0.403. The molecule has 4 aromatic rings. The van der Waals surface area contributed by atoms with Gasteiger partial charge in [0.15, 0.2) is 0 Å². The van der Waals surface area contributed by atoms with E-state index in [1.807, 2.05) is 67.6 Å². The van der Waals surface area contributed by atoms with Crippen molar-refractivity contribution in [1.29, 1.82) is 0 Å². The first-order chi connectivity index (χ1) is 16.2. The Labute approximate surface area is 192 Å². The van der Waals surface area contributed by atoms with E-state index < -0.39 is 5.41 Å². The van der Waals surface area contributed by atoms with Gasteiger partial charge in [-0.15, -0.1) is 5.10 Å². The molecule has 7 nitrogen and oxygen atoms in total. The Balaban J connectivity index is 1.66. The normalized spacial score (nSPS) is 17.5. The van der Waals surface area contributed by atoms with Crippen LogP contribution in [0.15, 0.2) is 83.5 Å². The number of hydrogen-bond donors (Lipinski definition) is 0. The predicted octanol–water partition coefficient (Wildman–Crippen LogP) is 3.98. The Kier molecular flexibility index (Phi) is 5.69. The number of aromatic nitrogens is 3. The number of hydrogen-bond acceptors (Lipinski definition) is 6. The van der Waals surface area contributed by atoms with E-state index in [2.05, 4.69) is 27.3 Å². The highest BCUT2D eigenvalue weighted by molar-refractivity contribution is 5.85. The third-order valence-corrected chi connectivity index (χ3v) is 6.08. The van der Waals surface area contributed by atoms with Gasteiger partial charge in [0.1, 0.15) is 23.4 Å². The number of nitrogens with zero attached hydrogens (tertiary/aromatic N) is 4. The molecule has 5 rings (SSSR count). The number of fused-ring (bicyclic) bond motifs is 1. The number of ether oxygens (including phenoxy) is 1. The lowest BCUT2D eigenvalue weighted by Crippen LogP contribution is -2.54. The second kappa shape index (κ2) is 8.94. The maximum atomic E-state index is 13.8. The summed E-state index contributed by atoms with van der Waals surface area (Å²) in [6, 6.07) is 23.9. The second-order valence-electron chi connectivity index (χ2n) is 8.28. The minimum Gasteiger partial charge on any atom is -0.467 e. The van der Waals surface area contributed by atoms with Gasteiger partial charge in [-0.2, -0.15) is 0 Å². The molecule has 33 heavy (non-hydrogen) atoms. The minimum atomic E-state index is -0.975. The fourth-order valence-corrected chi connectivity index (χ4v) is 4.68. The molecule has 0 N–H and O–H groups in total. The highest BCUT2D eigenvalue weighted by atomic mass is 16.5. The van der Waals surface area contributed by atoms with Crippen LogP contribution in [0, 0.1) is 0 Å². The lowest BCUT2D eigenvalue weighted by atomic mass is 9.74. The number of carbonyl (C=O) groups is 1. The summed E-state index contributed by atoms with van der Waals surface area (Å²) in [5, 5.41) is 8.97. The number of furan rings is 1. The van der Waals surface area contributed by atoms with Gasteiger partial charge in [-0.25, -0.2) is 4.68 Å². The van der Waals surface area contributed by atoms with Gasteiger partial charge in [-0.1, -0.05) is 53.7 Å². The SMILES string of the molecule is CCOC(=O)C1(Cc2ccccc2)CN(c2ccccc2)Cc2nnn(Cc3ccco3)c21. The second-order valence-corrected chi connectivity index (χ2v) is 8.28. The smallest absolute Gasteiger partial charge is 0.320 e. The molecule has 1 unspecified atom stereocenters. The van der Waals surface area contributed by atoms with Gasteiger partial charge in [0.2, 0.25) is 0 Å². The molecular formula is C26H26N4O3. The molecule has 3 heterocycles. The van der Waals surface area contributed by atoms with E-state index in [0.717, 1.165) is 28.4 Å². The van der Waals surface area contributed by atoms with Crippen molar-refractivity contribution in [2.45, 2.75) is 31.8 Å². The van der Waals surface area contributed by atoms with Crippen molar-refractivity contribution in [1.82, 2.24) is 15.0 Å². The van der Waals surface area contributed by atoms with Gasteiger partial charge in [0.05, 0.1) is 25.1 Å². The van der Waals surface area contributed by atoms with E-state index in [9.17, 15) is 4.79 Å². The molecule has 1 aliphatic heterocycles. The van der Waals surface area contributed by atoms with E-state index in [4.69, 9.17) is 9.15 Å². The van der Waals surface area contributed by atoms with E-state index >= 15 is 0 Å². The third kappa shape index (κ3) is 4.02. The molecule has 7 heteroatoms. The van der Waals surface area contributed by atoms with Crippen molar-refractivity contribution in [3.8, 4) is 0 Å². The molecule has 1 atom stereocenters. The van der Waals surface area contributed by atoms with E-state index in [-0.39, 0.29) is 5.97 Å². The van der Waals surface area contributed by atoms with Crippen LogP contribution in [0.1, 0.15) is 29.6 Å². The number of carbonyl (C=O) groups excluding carboxylic acids is 1. The van der Waals surface area contributed by atoms with E-state index in [1.165, 1.54) is 0 Å². The summed E-state index contributed by atoms with van der Waals surface area (Å²) < 4.78 is 13.1. The van der Waals surface area contributed by atoms with Crippen LogP contribution in [-0.4, -0.2) is 34.1 Å². The maximum absolute atomic E-state index is 13.8. The van der Waals surface area contributed by atoms with Crippen LogP contribution in [0.3, 0.4) is 0 Å². The summed E-state index contributed by atoms with van der Waals surface area (Å²) in [5.41, 5.74) is 2.69. The standard InChI is InChI=1S/C26H26N4O3/c1-2-32-25(31)26(16-20-10-5-3-6-11-20)19-29(21-12-7-4-8-13-21)18-23-24(26)30(28-27-23)17-22-14-9-15-33-22/h3-15H,2,16-19H2,1H3. The lowest BCUT2D eigenvalue weighted by molar-refractivity contribution is -0.150. The zero-order valence-electron chi connectivity index (χ0n) is 18.6. The highest BCUT2D eigenvalue weighted by Crippen LogP contribution is 2.39. The van der Waals surface area contributed by atoms with Crippen molar-refractivity contribution in [2.24, 2.45) is 0 Å². The molecule has 168 valence electrons. The summed E-state index contributed by atoms with van der Waals surface area (Å²) in [5.74, 6) is 0.490. The van der Waals surface area contributed by atoms with Crippen LogP contribution in [-0.2, 0) is 34.5 Å². The minimum absolute atomic E-state index is 0.265. The maximum Gasteiger partial charge on any atom is 0.320 e. The van der Waals surface area contributed by atoms with Crippen molar-refractivity contribution in [3.05, 3.63) is 102 Å². The molecule has 0 aliphatic carbocycles. The number of rotatable bonds is 7. The molecule has 0 saturated carbocycles. The molecule has 0 fully saturated rings. The molecule has 1 aliphatic rings. The fraction of sp³-hybridized carbons (Fsp3) is 0.269. The first-order valence-electron chi connectivity index (χ1n) is 11.2.